The van der Waals surface area contributed by atoms with Gasteiger partial charge >= 0.3 is 0 Å². The highest BCUT2D eigenvalue weighted by Gasteiger charge is 2.29. The second-order valence-electron chi connectivity index (χ2n) is 7.64. The van der Waals surface area contributed by atoms with Crippen LogP contribution in [-0.2, 0) is 21.2 Å². The Bertz CT molecular complexity index is 1150. The lowest BCUT2D eigenvalue weighted by atomic mass is 10.1. The minimum Gasteiger partial charge on any atom is -0.308 e. The fourth-order valence-corrected chi connectivity index (χ4v) is 5.64. The first-order valence-corrected chi connectivity index (χ1v) is 11.7. The lowest BCUT2D eigenvalue weighted by Crippen LogP contribution is -2.35. The monoisotopic (exact) mass is 441 g/mol. The molecule has 2 aromatic carbocycles. The third-order valence-electron chi connectivity index (χ3n) is 5.70. The average molecular weight is 442 g/mol. The molecule has 0 spiro atoms. The van der Waals surface area contributed by atoms with Gasteiger partial charge in [-0.1, -0.05) is 18.6 Å². The zero-order valence-corrected chi connectivity index (χ0v) is 17.8. The molecule has 0 unspecified atom stereocenters. The third kappa shape index (κ3) is 4.24. The van der Waals surface area contributed by atoms with Crippen LogP contribution < -0.4 is 4.90 Å². The lowest BCUT2D eigenvalue weighted by molar-refractivity contribution is -0.385. The number of carbonyl (C=O) groups excluding carboxylic acids is 1. The number of fused-ring (bicyclic) bond motifs is 1. The minimum atomic E-state index is -3.53. The van der Waals surface area contributed by atoms with E-state index >= 15 is 0 Å². The molecule has 1 saturated heterocycles. The molecule has 4 rings (SSSR count). The maximum Gasteiger partial charge on any atom is 0.276 e. The first-order valence-electron chi connectivity index (χ1n) is 10.2. The molecular formula is C22H23N3O5S. The number of para-hydroxylation sites is 1. The Labute approximate surface area is 181 Å². The highest BCUT2D eigenvalue weighted by molar-refractivity contribution is 7.89. The number of piperidine rings is 1. The van der Waals surface area contributed by atoms with Crippen LogP contribution in [0.15, 0.2) is 53.4 Å². The molecule has 2 heterocycles. The maximum absolute atomic E-state index is 12.9. The van der Waals surface area contributed by atoms with E-state index in [1.54, 1.807) is 41.3 Å². The van der Waals surface area contributed by atoms with E-state index < -0.39 is 14.9 Å². The van der Waals surface area contributed by atoms with E-state index in [0.717, 1.165) is 24.8 Å². The average Bonchev–Trinajstić information content (AvgIpc) is 3.21. The number of carbonyl (C=O) groups is 1. The summed E-state index contributed by atoms with van der Waals surface area (Å²) in [5.41, 5.74) is 1.77. The summed E-state index contributed by atoms with van der Waals surface area (Å²) in [6, 6.07) is 11.1. The Morgan fingerprint density at radius 2 is 1.77 bits per heavy atom. The van der Waals surface area contributed by atoms with Gasteiger partial charge in [0.1, 0.15) is 0 Å². The molecule has 0 saturated carbocycles. The van der Waals surface area contributed by atoms with Crippen molar-refractivity contribution in [1.82, 2.24) is 4.31 Å². The van der Waals surface area contributed by atoms with E-state index in [0.29, 0.717) is 37.3 Å². The van der Waals surface area contributed by atoms with Crippen molar-refractivity contribution < 1.29 is 18.1 Å². The molecule has 0 bridgehead atoms. The second-order valence-corrected chi connectivity index (χ2v) is 9.58. The number of nitro benzene ring substituents is 1. The highest BCUT2D eigenvalue weighted by atomic mass is 32.2. The molecule has 9 heteroatoms. The zero-order chi connectivity index (χ0) is 22.0. The largest absolute Gasteiger partial charge is 0.308 e. The predicted octanol–water partition coefficient (Wildman–Crippen LogP) is 3.37. The van der Waals surface area contributed by atoms with Crippen LogP contribution in [0.4, 0.5) is 11.4 Å². The Kier molecular flexibility index (Phi) is 5.88. The molecular weight excluding hydrogens is 418 g/mol. The van der Waals surface area contributed by atoms with E-state index in [1.165, 1.54) is 22.5 Å². The first kappa shape index (κ1) is 21.2. The summed E-state index contributed by atoms with van der Waals surface area (Å²) in [6.07, 6.45) is 6.11. The van der Waals surface area contributed by atoms with E-state index in [2.05, 4.69) is 0 Å². The molecule has 0 N–H and O–H groups in total. The van der Waals surface area contributed by atoms with Crippen molar-refractivity contribution in [2.45, 2.75) is 30.6 Å². The topological polar surface area (TPSA) is 101 Å². The van der Waals surface area contributed by atoms with Crippen molar-refractivity contribution in [3.8, 4) is 0 Å². The van der Waals surface area contributed by atoms with Crippen LogP contribution >= 0.6 is 0 Å². The zero-order valence-electron chi connectivity index (χ0n) is 16.9. The van der Waals surface area contributed by atoms with Crippen LogP contribution in [0.5, 0.6) is 0 Å². The molecule has 8 nitrogen and oxygen atoms in total. The van der Waals surface area contributed by atoms with Crippen LogP contribution in [0.1, 0.15) is 30.4 Å². The number of benzene rings is 2. The molecule has 2 aromatic rings. The molecule has 1 amide bonds. The van der Waals surface area contributed by atoms with Crippen LogP contribution in [-0.4, -0.2) is 43.2 Å². The van der Waals surface area contributed by atoms with E-state index in [1.807, 2.05) is 0 Å². The van der Waals surface area contributed by atoms with Gasteiger partial charge in [0.25, 0.3) is 11.6 Å². The number of rotatable bonds is 5. The summed E-state index contributed by atoms with van der Waals surface area (Å²) in [4.78, 5) is 25.2. The van der Waals surface area contributed by atoms with Crippen molar-refractivity contribution in [3.05, 3.63) is 69.8 Å². The number of anilines is 1. The van der Waals surface area contributed by atoms with Gasteiger partial charge in [0, 0.05) is 37.5 Å². The van der Waals surface area contributed by atoms with Crippen LogP contribution in [0.3, 0.4) is 0 Å². The molecule has 0 aliphatic carbocycles. The summed E-state index contributed by atoms with van der Waals surface area (Å²) in [5, 5.41) is 11.1. The molecule has 2 aliphatic heterocycles. The summed E-state index contributed by atoms with van der Waals surface area (Å²) in [6.45, 7) is 1.52. The Hall–Kier alpha value is -3.04. The number of nitro groups is 1. The number of sulfonamides is 1. The number of hydrogen-bond donors (Lipinski definition) is 0. The standard InChI is InChI=1S/C22H23N3O5S/c26-22(11-8-17-6-2-3-7-21(17)25(27)28)24-15-12-18-16-19(9-10-20(18)24)31(29,30)23-13-4-1-5-14-23/h2-3,6-11,16H,1,4-5,12-15H2/b11-8+. The van der Waals surface area contributed by atoms with E-state index in [-0.39, 0.29) is 16.5 Å². The molecule has 0 aromatic heterocycles. The number of hydrogen-bond acceptors (Lipinski definition) is 5. The summed E-state index contributed by atoms with van der Waals surface area (Å²) in [5.74, 6) is -0.302. The lowest BCUT2D eigenvalue weighted by Gasteiger charge is -2.26. The fraction of sp³-hybridized carbons (Fsp3) is 0.318. The van der Waals surface area contributed by atoms with Crippen molar-refractivity contribution in [2.75, 3.05) is 24.5 Å². The SMILES string of the molecule is O=C(/C=C/c1ccccc1[N+](=O)[O-])N1CCc2cc(S(=O)(=O)N3CCCCC3)ccc21. The van der Waals surface area contributed by atoms with Gasteiger partial charge in [-0.25, -0.2) is 8.42 Å². The quantitative estimate of drug-likeness (QED) is 0.402. The highest BCUT2D eigenvalue weighted by Crippen LogP contribution is 2.32. The van der Waals surface area contributed by atoms with Gasteiger partial charge in [0.15, 0.2) is 0 Å². The minimum absolute atomic E-state index is 0.0686. The van der Waals surface area contributed by atoms with Crippen LogP contribution in [0.25, 0.3) is 6.08 Å². The fourth-order valence-electron chi connectivity index (χ4n) is 4.07. The van der Waals surface area contributed by atoms with Gasteiger partial charge in [-0.15, -0.1) is 0 Å². The first-order chi connectivity index (χ1) is 14.9. The number of amides is 1. The molecule has 0 radical (unpaired) electrons. The normalized spacial score (nSPS) is 17.1. The van der Waals surface area contributed by atoms with Crippen molar-refractivity contribution in [1.29, 1.82) is 0 Å². The summed E-state index contributed by atoms with van der Waals surface area (Å²) >= 11 is 0. The predicted molar refractivity (Wildman–Crippen MR) is 117 cm³/mol. The van der Waals surface area contributed by atoms with Crippen LogP contribution in [0.2, 0.25) is 0 Å². The van der Waals surface area contributed by atoms with Gasteiger partial charge in [0.2, 0.25) is 10.0 Å². The van der Waals surface area contributed by atoms with Gasteiger partial charge in [-0.05, 0) is 55.2 Å². The van der Waals surface area contributed by atoms with Gasteiger partial charge < -0.3 is 4.90 Å². The Morgan fingerprint density at radius 1 is 1.03 bits per heavy atom. The Morgan fingerprint density at radius 3 is 2.52 bits per heavy atom. The second kappa shape index (κ2) is 8.60. The summed E-state index contributed by atoms with van der Waals surface area (Å²) < 4.78 is 27.4. The van der Waals surface area contributed by atoms with Gasteiger partial charge in [0.05, 0.1) is 15.4 Å². The van der Waals surface area contributed by atoms with Gasteiger partial charge in [-0.2, -0.15) is 4.31 Å². The maximum atomic E-state index is 12.9. The van der Waals surface area contributed by atoms with Gasteiger partial charge in [-0.3, -0.25) is 14.9 Å². The van der Waals surface area contributed by atoms with Crippen LogP contribution in [0, 0.1) is 10.1 Å². The molecule has 162 valence electrons. The summed E-state index contributed by atoms with van der Waals surface area (Å²) in [7, 11) is -3.53. The van der Waals surface area contributed by atoms with Crippen molar-refractivity contribution in [2.24, 2.45) is 0 Å². The molecule has 0 atom stereocenters. The van der Waals surface area contributed by atoms with E-state index in [4.69, 9.17) is 0 Å². The van der Waals surface area contributed by atoms with E-state index in [9.17, 15) is 23.3 Å². The molecule has 31 heavy (non-hydrogen) atoms. The molecule has 2 aliphatic rings. The smallest absolute Gasteiger partial charge is 0.276 e. The molecule has 1 fully saturated rings. The number of nitrogens with zero attached hydrogens (tertiary/aromatic N) is 3. The van der Waals surface area contributed by atoms with Crippen molar-refractivity contribution in [3.63, 3.8) is 0 Å². The Balaban J connectivity index is 1.54. The van der Waals surface area contributed by atoms with Crippen molar-refractivity contribution >= 4 is 33.4 Å². The third-order valence-corrected chi connectivity index (χ3v) is 7.60.